The fourth-order valence-corrected chi connectivity index (χ4v) is 0.395. The van der Waals surface area contributed by atoms with Crippen molar-refractivity contribution in [2.45, 2.75) is 0 Å². The number of rotatable bonds is 2. The molecule has 0 aliphatic heterocycles. The molecule has 0 aliphatic rings. The maximum Gasteiger partial charge on any atom is 0.363 e. The van der Waals surface area contributed by atoms with Gasteiger partial charge >= 0.3 is 12.0 Å². The summed E-state index contributed by atoms with van der Waals surface area (Å²) in [5, 5.41) is 12.1. The van der Waals surface area contributed by atoms with Gasteiger partial charge in [0, 0.05) is 0 Å². The van der Waals surface area contributed by atoms with Crippen LogP contribution in [0, 0.1) is 0 Å². The number of aromatic amines is 1. The Morgan fingerprint density at radius 3 is 3.10 bits per heavy atom. The highest BCUT2D eigenvalue weighted by Gasteiger charge is 2.04. The van der Waals surface area contributed by atoms with Crippen molar-refractivity contribution >= 4 is 18.6 Å². The number of hydrogen-bond acceptors (Lipinski definition) is 6. The second kappa shape index (κ2) is 3.16. The molecule has 0 amide bonds. The molecule has 7 heteroatoms. The Morgan fingerprint density at radius 1 is 1.80 bits per heavy atom. The van der Waals surface area contributed by atoms with Crippen molar-refractivity contribution in [2.24, 2.45) is 0 Å². The van der Waals surface area contributed by atoms with E-state index in [2.05, 4.69) is 38.0 Å². The molecule has 1 aromatic heterocycles. The first-order valence-electron chi connectivity index (χ1n) is 2.38. The van der Waals surface area contributed by atoms with Crippen LogP contribution in [0.3, 0.4) is 0 Å². The number of hydrogen-bond donors (Lipinski definition) is 2. The molecule has 0 saturated carbocycles. The summed E-state index contributed by atoms with van der Waals surface area (Å²) in [4.78, 5) is 10.5. The first-order valence-corrected chi connectivity index (χ1v) is 3.01. The van der Waals surface area contributed by atoms with Crippen LogP contribution in [0.25, 0.3) is 0 Å². The summed E-state index contributed by atoms with van der Waals surface area (Å²) in [6, 6.07) is -0.0842. The zero-order valence-electron chi connectivity index (χ0n) is 4.81. The third-order valence-corrected chi connectivity index (χ3v) is 0.918. The number of aromatic nitrogens is 4. The van der Waals surface area contributed by atoms with Crippen LogP contribution in [0.5, 0.6) is 6.01 Å². The van der Waals surface area contributed by atoms with Gasteiger partial charge in [0.05, 0.1) is 5.75 Å². The predicted molar refractivity (Wildman–Crippen MR) is 33.7 cm³/mol. The fourth-order valence-electron chi connectivity index (χ4n) is 0.330. The molecule has 0 atom stereocenters. The Balaban J connectivity index is 2.48. The number of nitrogens with zero attached hydrogens (tertiary/aromatic N) is 3. The Bertz CT molecular complexity index is 210. The van der Waals surface area contributed by atoms with Crippen LogP contribution in [-0.4, -0.2) is 32.3 Å². The lowest BCUT2D eigenvalue weighted by molar-refractivity contribution is -0.131. The van der Waals surface area contributed by atoms with E-state index in [1.165, 1.54) is 0 Å². The van der Waals surface area contributed by atoms with Gasteiger partial charge in [0.25, 0.3) is 0 Å². The third-order valence-electron chi connectivity index (χ3n) is 0.660. The van der Waals surface area contributed by atoms with Gasteiger partial charge < -0.3 is 4.74 Å². The molecule has 0 bridgehead atoms. The van der Waals surface area contributed by atoms with Gasteiger partial charge in [0.1, 0.15) is 0 Å². The molecule has 0 unspecified atom stereocenters. The summed E-state index contributed by atoms with van der Waals surface area (Å²) in [7, 11) is 0. The molecular weight excluding hydrogens is 156 g/mol. The average molecular weight is 160 g/mol. The molecule has 0 saturated heterocycles. The molecule has 1 aromatic rings. The number of H-pyrrole nitrogens is 1. The normalized spacial score (nSPS) is 9.30. The second-order valence-corrected chi connectivity index (χ2v) is 1.64. The van der Waals surface area contributed by atoms with E-state index in [0.29, 0.717) is 0 Å². The van der Waals surface area contributed by atoms with Crippen molar-refractivity contribution in [3.8, 4) is 6.01 Å². The molecule has 10 heavy (non-hydrogen) atoms. The van der Waals surface area contributed by atoms with Crippen molar-refractivity contribution < 1.29 is 9.53 Å². The van der Waals surface area contributed by atoms with E-state index in [1.807, 2.05) is 0 Å². The quantitative estimate of drug-likeness (QED) is 0.430. The van der Waals surface area contributed by atoms with E-state index < -0.39 is 5.97 Å². The van der Waals surface area contributed by atoms with Gasteiger partial charge in [-0.2, -0.15) is 17.8 Å². The zero-order valence-corrected chi connectivity index (χ0v) is 5.71. The first-order chi connectivity index (χ1) is 4.83. The maximum atomic E-state index is 10.5. The van der Waals surface area contributed by atoms with E-state index >= 15 is 0 Å². The lowest BCUT2D eigenvalue weighted by Crippen LogP contribution is -2.09. The SMILES string of the molecule is O=C(CS)Oc1nn[nH]n1. The highest BCUT2D eigenvalue weighted by atomic mass is 32.1. The molecule has 1 rings (SSSR count). The summed E-state index contributed by atoms with van der Waals surface area (Å²) < 4.78 is 4.47. The van der Waals surface area contributed by atoms with E-state index in [1.54, 1.807) is 0 Å². The van der Waals surface area contributed by atoms with Gasteiger partial charge in [-0.1, -0.05) is 10.2 Å². The number of tetrazole rings is 1. The number of carbonyl (C=O) groups excluding carboxylic acids is 1. The molecule has 1 heterocycles. The molecule has 0 fully saturated rings. The molecular formula is C3H4N4O2S. The Kier molecular flexibility index (Phi) is 2.21. The highest BCUT2D eigenvalue weighted by Crippen LogP contribution is 1.94. The van der Waals surface area contributed by atoms with E-state index in [-0.39, 0.29) is 11.8 Å². The molecule has 0 radical (unpaired) electrons. The van der Waals surface area contributed by atoms with Crippen LogP contribution in [0.15, 0.2) is 0 Å². The fraction of sp³-hybridized carbons (Fsp3) is 0.333. The topological polar surface area (TPSA) is 80.8 Å². The van der Waals surface area contributed by atoms with Crippen molar-refractivity contribution in [1.29, 1.82) is 0 Å². The molecule has 6 nitrogen and oxygen atoms in total. The summed E-state index contributed by atoms with van der Waals surface area (Å²) >= 11 is 3.67. The molecule has 0 aromatic carbocycles. The summed E-state index contributed by atoms with van der Waals surface area (Å²) in [5.41, 5.74) is 0. The lowest BCUT2D eigenvalue weighted by Gasteiger charge is -1.91. The number of ether oxygens (including phenoxy) is 1. The summed E-state index contributed by atoms with van der Waals surface area (Å²) in [6.45, 7) is 0. The maximum absolute atomic E-state index is 10.5. The summed E-state index contributed by atoms with van der Waals surface area (Å²) in [5.74, 6) is -0.515. The Labute approximate surface area is 61.4 Å². The highest BCUT2D eigenvalue weighted by molar-refractivity contribution is 7.81. The lowest BCUT2D eigenvalue weighted by atomic mass is 10.8. The van der Waals surface area contributed by atoms with Crippen molar-refractivity contribution in [2.75, 3.05) is 5.75 Å². The minimum Gasteiger partial charge on any atom is -0.388 e. The summed E-state index contributed by atoms with van der Waals surface area (Å²) in [6.07, 6.45) is 0. The van der Waals surface area contributed by atoms with Crippen molar-refractivity contribution in [3.05, 3.63) is 0 Å². The monoisotopic (exact) mass is 160 g/mol. The van der Waals surface area contributed by atoms with Gasteiger partial charge in [0.15, 0.2) is 0 Å². The van der Waals surface area contributed by atoms with Gasteiger partial charge in [-0.3, -0.25) is 4.79 Å². The third kappa shape index (κ3) is 1.69. The van der Waals surface area contributed by atoms with Crippen LogP contribution in [-0.2, 0) is 4.79 Å². The van der Waals surface area contributed by atoms with Crippen molar-refractivity contribution in [3.63, 3.8) is 0 Å². The average Bonchev–Trinajstić information content (AvgIpc) is 2.40. The van der Waals surface area contributed by atoms with Crippen LogP contribution in [0.2, 0.25) is 0 Å². The smallest absolute Gasteiger partial charge is 0.363 e. The van der Waals surface area contributed by atoms with E-state index in [9.17, 15) is 4.79 Å². The van der Waals surface area contributed by atoms with E-state index in [0.717, 1.165) is 0 Å². The Morgan fingerprint density at radius 2 is 2.60 bits per heavy atom. The molecule has 0 aliphatic carbocycles. The van der Waals surface area contributed by atoms with Gasteiger partial charge in [-0.15, -0.1) is 0 Å². The standard InChI is InChI=1S/C3H4N4O2S/c8-2(1-10)9-3-4-6-7-5-3/h10H,1H2,(H,4,5,6,7). The number of nitrogens with one attached hydrogen (secondary N) is 1. The predicted octanol–water partition coefficient (Wildman–Crippen LogP) is -0.965. The largest absolute Gasteiger partial charge is 0.388 e. The van der Waals surface area contributed by atoms with Gasteiger partial charge in [-0.05, 0) is 5.21 Å². The van der Waals surface area contributed by atoms with Gasteiger partial charge in [-0.25, -0.2) is 0 Å². The Hall–Kier alpha value is -1.11. The van der Waals surface area contributed by atoms with Crippen LogP contribution >= 0.6 is 12.6 Å². The molecule has 54 valence electrons. The van der Waals surface area contributed by atoms with Crippen LogP contribution < -0.4 is 4.74 Å². The number of thiol groups is 1. The number of esters is 1. The van der Waals surface area contributed by atoms with Crippen LogP contribution in [0.4, 0.5) is 0 Å². The molecule has 0 spiro atoms. The molecule has 1 N–H and O–H groups in total. The van der Waals surface area contributed by atoms with Crippen molar-refractivity contribution in [1.82, 2.24) is 20.6 Å². The minimum atomic E-state index is -0.510. The van der Waals surface area contributed by atoms with E-state index in [4.69, 9.17) is 0 Å². The van der Waals surface area contributed by atoms with Crippen LogP contribution in [0.1, 0.15) is 0 Å². The first kappa shape index (κ1) is 7.00. The van der Waals surface area contributed by atoms with Gasteiger partial charge in [0.2, 0.25) is 0 Å². The minimum absolute atomic E-state index is 0.00542. The number of carbonyl (C=O) groups is 1. The second-order valence-electron chi connectivity index (χ2n) is 1.33. The zero-order chi connectivity index (χ0) is 7.40.